The van der Waals surface area contributed by atoms with Crippen LogP contribution in [-0.2, 0) is 0 Å². The van der Waals surface area contributed by atoms with Gasteiger partial charge in [0.25, 0.3) is 0 Å². The van der Waals surface area contributed by atoms with Crippen LogP contribution >= 0.6 is 0 Å². The smallest absolute Gasteiger partial charge is 0.244 e. The number of hydrogen-bond acceptors (Lipinski definition) is 5. The van der Waals surface area contributed by atoms with Gasteiger partial charge in [-0.3, -0.25) is 0 Å². The molecular weight excluding hydrogens is 238 g/mol. The number of para-hydroxylation sites is 1. The highest BCUT2D eigenvalue weighted by Gasteiger charge is 2.09. The number of aromatic nitrogens is 3. The molecule has 1 N–H and O–H groups in total. The molecule has 0 amide bonds. The van der Waals surface area contributed by atoms with Crippen molar-refractivity contribution >= 4 is 17.5 Å². The summed E-state index contributed by atoms with van der Waals surface area (Å²) >= 11 is 0. The Balaban J connectivity index is 2.26. The molecule has 0 aliphatic carbocycles. The average Bonchev–Trinajstić information content (AvgIpc) is 2.47. The second kappa shape index (κ2) is 6.49. The van der Waals surface area contributed by atoms with Crippen LogP contribution in [0.1, 0.15) is 6.92 Å². The molecule has 5 nitrogen and oxygen atoms in total. The van der Waals surface area contributed by atoms with Crippen LogP contribution in [0, 0.1) is 0 Å². The Morgan fingerprint density at radius 1 is 1.32 bits per heavy atom. The predicted molar refractivity (Wildman–Crippen MR) is 77.6 cm³/mol. The maximum Gasteiger partial charge on any atom is 0.244 e. The zero-order chi connectivity index (χ0) is 13.5. The number of anilines is 3. The minimum Gasteiger partial charge on any atom is -0.349 e. The van der Waals surface area contributed by atoms with Crippen LogP contribution in [0.25, 0.3) is 0 Å². The minimum atomic E-state index is 0.506. The Morgan fingerprint density at radius 2 is 2.11 bits per heavy atom. The van der Waals surface area contributed by atoms with Gasteiger partial charge in [0.05, 0.1) is 6.20 Å². The molecule has 98 valence electrons. The van der Waals surface area contributed by atoms with E-state index in [9.17, 15) is 0 Å². The zero-order valence-electron chi connectivity index (χ0n) is 11.0. The van der Waals surface area contributed by atoms with Gasteiger partial charge in [0, 0.05) is 18.8 Å². The summed E-state index contributed by atoms with van der Waals surface area (Å²) in [5.74, 6) is 1.28. The van der Waals surface area contributed by atoms with Crippen molar-refractivity contribution in [3.63, 3.8) is 0 Å². The Morgan fingerprint density at radius 3 is 2.79 bits per heavy atom. The molecule has 19 heavy (non-hydrogen) atoms. The molecule has 0 radical (unpaired) electrons. The molecule has 1 aromatic heterocycles. The fourth-order valence-electron chi connectivity index (χ4n) is 1.75. The normalized spacial score (nSPS) is 9.95. The molecule has 0 spiro atoms. The summed E-state index contributed by atoms with van der Waals surface area (Å²) in [7, 11) is 0. The van der Waals surface area contributed by atoms with E-state index in [-0.39, 0.29) is 0 Å². The lowest BCUT2D eigenvalue weighted by Crippen LogP contribution is -2.18. The number of benzene rings is 1. The zero-order valence-corrected chi connectivity index (χ0v) is 11.0. The van der Waals surface area contributed by atoms with Crippen molar-refractivity contribution in [3.05, 3.63) is 49.2 Å². The van der Waals surface area contributed by atoms with Crippen molar-refractivity contribution in [1.82, 2.24) is 15.2 Å². The van der Waals surface area contributed by atoms with E-state index in [0.717, 1.165) is 18.1 Å². The van der Waals surface area contributed by atoms with Crippen molar-refractivity contribution in [1.29, 1.82) is 0 Å². The molecule has 2 aromatic rings. The van der Waals surface area contributed by atoms with E-state index in [1.807, 2.05) is 30.3 Å². The predicted octanol–water partition coefficient (Wildman–Crippen LogP) is 2.63. The molecule has 0 aliphatic heterocycles. The van der Waals surface area contributed by atoms with Crippen molar-refractivity contribution in [3.8, 4) is 0 Å². The third kappa shape index (κ3) is 3.28. The van der Waals surface area contributed by atoms with Gasteiger partial charge in [0.15, 0.2) is 5.82 Å². The largest absolute Gasteiger partial charge is 0.349 e. The molecule has 0 saturated heterocycles. The van der Waals surface area contributed by atoms with Gasteiger partial charge in [-0.15, -0.1) is 11.7 Å². The maximum absolute atomic E-state index is 4.45. The van der Waals surface area contributed by atoms with E-state index in [1.165, 1.54) is 0 Å². The Hall–Kier alpha value is -2.43. The van der Waals surface area contributed by atoms with E-state index in [2.05, 4.69) is 38.9 Å². The second-order valence-electron chi connectivity index (χ2n) is 3.89. The van der Waals surface area contributed by atoms with Crippen LogP contribution < -0.4 is 10.2 Å². The molecule has 0 unspecified atom stereocenters. The molecular formula is C14H17N5. The highest BCUT2D eigenvalue weighted by Crippen LogP contribution is 2.22. The van der Waals surface area contributed by atoms with Crippen LogP contribution in [0.4, 0.5) is 17.5 Å². The first-order valence-electron chi connectivity index (χ1n) is 6.22. The van der Waals surface area contributed by atoms with Gasteiger partial charge in [-0.1, -0.05) is 24.3 Å². The Labute approximate surface area is 113 Å². The summed E-state index contributed by atoms with van der Waals surface area (Å²) in [5, 5.41) is 11.0. The first-order valence-corrected chi connectivity index (χ1v) is 6.22. The SMILES string of the molecule is C=CCNc1nncc(N(CC)c2ccccc2)n1. The first-order chi connectivity index (χ1) is 9.35. The quantitative estimate of drug-likeness (QED) is 0.804. The second-order valence-corrected chi connectivity index (χ2v) is 3.89. The molecule has 0 saturated carbocycles. The third-order valence-electron chi connectivity index (χ3n) is 2.61. The average molecular weight is 255 g/mol. The van der Waals surface area contributed by atoms with Crippen LogP contribution in [0.15, 0.2) is 49.2 Å². The van der Waals surface area contributed by atoms with Crippen molar-refractivity contribution in [2.75, 3.05) is 23.3 Å². The maximum atomic E-state index is 4.45. The summed E-state index contributed by atoms with van der Waals surface area (Å²) in [5.41, 5.74) is 1.08. The molecule has 1 heterocycles. The van der Waals surface area contributed by atoms with Gasteiger partial charge >= 0.3 is 0 Å². The van der Waals surface area contributed by atoms with Crippen LogP contribution in [0.2, 0.25) is 0 Å². The van der Waals surface area contributed by atoms with E-state index in [0.29, 0.717) is 12.5 Å². The van der Waals surface area contributed by atoms with Gasteiger partial charge in [0.2, 0.25) is 5.95 Å². The summed E-state index contributed by atoms with van der Waals surface area (Å²) in [4.78, 5) is 6.53. The lowest BCUT2D eigenvalue weighted by molar-refractivity contribution is 0.914. The van der Waals surface area contributed by atoms with Crippen LogP contribution in [-0.4, -0.2) is 28.3 Å². The first kappa shape index (κ1) is 13.0. The van der Waals surface area contributed by atoms with E-state index < -0.39 is 0 Å². The summed E-state index contributed by atoms with van der Waals surface area (Å²) < 4.78 is 0. The molecule has 2 rings (SSSR count). The molecule has 0 bridgehead atoms. The minimum absolute atomic E-state index is 0.506. The molecule has 0 fully saturated rings. The van der Waals surface area contributed by atoms with Gasteiger partial charge in [-0.2, -0.15) is 10.1 Å². The van der Waals surface area contributed by atoms with E-state index >= 15 is 0 Å². The van der Waals surface area contributed by atoms with Crippen LogP contribution in [0.3, 0.4) is 0 Å². The third-order valence-corrected chi connectivity index (χ3v) is 2.61. The van der Waals surface area contributed by atoms with Crippen molar-refractivity contribution in [2.45, 2.75) is 6.92 Å². The fraction of sp³-hybridized carbons (Fsp3) is 0.214. The highest BCUT2D eigenvalue weighted by molar-refractivity contribution is 5.59. The number of rotatable bonds is 6. The van der Waals surface area contributed by atoms with Gasteiger partial charge in [0.1, 0.15) is 0 Å². The molecule has 1 aromatic carbocycles. The highest BCUT2D eigenvalue weighted by atomic mass is 15.3. The Kier molecular flexibility index (Phi) is 4.44. The lowest BCUT2D eigenvalue weighted by atomic mass is 10.3. The van der Waals surface area contributed by atoms with Crippen LogP contribution in [0.5, 0.6) is 0 Å². The topological polar surface area (TPSA) is 53.9 Å². The number of hydrogen-bond donors (Lipinski definition) is 1. The summed E-state index contributed by atoms with van der Waals surface area (Å²) in [6, 6.07) is 10.1. The Bertz CT molecular complexity index is 526. The monoisotopic (exact) mass is 255 g/mol. The molecule has 0 aliphatic rings. The number of nitrogens with zero attached hydrogens (tertiary/aromatic N) is 4. The summed E-state index contributed by atoms with van der Waals surface area (Å²) in [6.45, 7) is 7.15. The standard InChI is InChI=1S/C14H17N5/c1-3-10-15-14-17-13(11-16-18-14)19(4-2)12-8-6-5-7-9-12/h3,5-9,11H,1,4,10H2,2H3,(H,15,17,18). The summed E-state index contributed by atoms with van der Waals surface area (Å²) in [6.07, 6.45) is 3.42. The van der Waals surface area contributed by atoms with Gasteiger partial charge in [-0.05, 0) is 19.1 Å². The van der Waals surface area contributed by atoms with Crippen molar-refractivity contribution in [2.24, 2.45) is 0 Å². The van der Waals surface area contributed by atoms with Gasteiger partial charge in [-0.25, -0.2) is 0 Å². The molecule has 0 atom stereocenters. The lowest BCUT2D eigenvalue weighted by Gasteiger charge is -2.21. The fourth-order valence-corrected chi connectivity index (χ4v) is 1.75. The van der Waals surface area contributed by atoms with Crippen molar-refractivity contribution < 1.29 is 0 Å². The number of nitrogens with one attached hydrogen (secondary N) is 1. The van der Waals surface area contributed by atoms with E-state index in [1.54, 1.807) is 12.3 Å². The van der Waals surface area contributed by atoms with Gasteiger partial charge < -0.3 is 10.2 Å². The molecule has 5 heteroatoms. The van der Waals surface area contributed by atoms with E-state index in [4.69, 9.17) is 0 Å².